The summed E-state index contributed by atoms with van der Waals surface area (Å²) in [6.07, 6.45) is 3.09. The molecule has 0 N–H and O–H groups in total. The predicted octanol–water partition coefficient (Wildman–Crippen LogP) is 2.65. The minimum atomic E-state index is -0.206. The Labute approximate surface area is 129 Å². The topological polar surface area (TPSA) is 68.5 Å². The van der Waals surface area contributed by atoms with Crippen molar-refractivity contribution in [3.8, 4) is 17.1 Å². The number of aromatic nitrogens is 2. The van der Waals surface area contributed by atoms with Gasteiger partial charge in [-0.2, -0.15) is 0 Å². The van der Waals surface area contributed by atoms with Gasteiger partial charge in [0, 0.05) is 30.9 Å². The number of rotatable bonds is 5. The number of pyridine rings is 1. The Kier molecular flexibility index (Phi) is 6.17. The first-order chi connectivity index (χ1) is 9.69. The Bertz CT molecular complexity index is 579. The summed E-state index contributed by atoms with van der Waals surface area (Å²) in [5, 5.41) is 0. The van der Waals surface area contributed by atoms with Crippen molar-refractivity contribution in [2.75, 3.05) is 20.2 Å². The quantitative estimate of drug-likeness (QED) is 0.849. The number of nitrogens with zero attached hydrogens (tertiary/aromatic N) is 3. The first kappa shape index (κ1) is 17.0. The first-order valence-electron chi connectivity index (χ1n) is 6.44. The fourth-order valence-electron chi connectivity index (χ4n) is 1.80. The summed E-state index contributed by atoms with van der Waals surface area (Å²) in [6, 6.07) is 3.55. The maximum atomic E-state index is 12.1. The average Bonchev–Trinajstić information content (AvgIpc) is 2.98. The van der Waals surface area contributed by atoms with Gasteiger partial charge in [0.1, 0.15) is 12.0 Å². The van der Waals surface area contributed by atoms with Crippen molar-refractivity contribution in [1.29, 1.82) is 0 Å². The number of amides is 1. The lowest BCUT2D eigenvalue weighted by Crippen LogP contribution is -2.30. The lowest BCUT2D eigenvalue weighted by atomic mass is 10.2. The van der Waals surface area contributed by atoms with Crippen LogP contribution in [0.15, 0.2) is 29.0 Å². The van der Waals surface area contributed by atoms with E-state index in [1.54, 1.807) is 24.3 Å². The van der Waals surface area contributed by atoms with E-state index in [9.17, 15) is 4.79 Å². The molecule has 0 radical (unpaired) electrons. The Morgan fingerprint density at radius 1 is 1.33 bits per heavy atom. The summed E-state index contributed by atoms with van der Waals surface area (Å²) in [4.78, 5) is 22.1. The summed E-state index contributed by atoms with van der Waals surface area (Å²) in [7, 11) is 1.55. The van der Waals surface area contributed by atoms with E-state index in [1.165, 1.54) is 6.26 Å². The van der Waals surface area contributed by atoms with Gasteiger partial charge in [0.15, 0.2) is 0 Å². The number of hydrogen-bond acceptors (Lipinski definition) is 5. The van der Waals surface area contributed by atoms with E-state index < -0.39 is 0 Å². The lowest BCUT2D eigenvalue weighted by Gasteiger charge is -2.15. The molecule has 0 saturated heterocycles. The van der Waals surface area contributed by atoms with Crippen molar-refractivity contribution in [2.45, 2.75) is 13.8 Å². The van der Waals surface area contributed by atoms with Gasteiger partial charge in [-0.3, -0.25) is 4.79 Å². The number of ether oxygens (including phenoxy) is 1. The molecule has 2 rings (SSSR count). The number of hydrogen-bond donors (Lipinski definition) is 0. The van der Waals surface area contributed by atoms with Crippen molar-refractivity contribution in [1.82, 2.24) is 14.9 Å². The van der Waals surface area contributed by atoms with E-state index >= 15 is 0 Å². The first-order valence-corrected chi connectivity index (χ1v) is 6.44. The van der Waals surface area contributed by atoms with Crippen LogP contribution in [0.25, 0.3) is 11.3 Å². The number of carbonyl (C=O) groups excluding carboxylic acids is 1. The van der Waals surface area contributed by atoms with E-state index in [0.29, 0.717) is 24.7 Å². The summed E-state index contributed by atoms with van der Waals surface area (Å²) in [5.74, 6) is 0.416. The number of oxazole rings is 1. The number of methoxy groups -OCH3 is 1. The Morgan fingerprint density at radius 2 is 2.05 bits per heavy atom. The largest absolute Gasteiger partial charge is 0.481 e. The molecule has 114 valence electrons. The SMILES string of the molecule is CCN(CC)C(=O)c1nc(-c2ccc(OC)nc2)co1.Cl. The molecule has 0 aliphatic carbocycles. The molecular weight excluding hydrogens is 294 g/mol. The number of carbonyl (C=O) groups is 1. The molecular formula is C14H18ClN3O3. The second-order valence-corrected chi connectivity index (χ2v) is 4.10. The second kappa shape index (κ2) is 7.64. The predicted molar refractivity (Wildman–Crippen MR) is 80.8 cm³/mol. The molecule has 1 amide bonds. The van der Waals surface area contributed by atoms with Crippen molar-refractivity contribution >= 4 is 18.3 Å². The molecule has 0 fully saturated rings. The van der Waals surface area contributed by atoms with Crippen molar-refractivity contribution in [3.63, 3.8) is 0 Å². The molecule has 21 heavy (non-hydrogen) atoms. The van der Waals surface area contributed by atoms with Crippen LogP contribution in [-0.4, -0.2) is 41.0 Å². The van der Waals surface area contributed by atoms with Crippen LogP contribution >= 0.6 is 12.4 Å². The van der Waals surface area contributed by atoms with Gasteiger partial charge in [-0.1, -0.05) is 0 Å². The minimum absolute atomic E-state index is 0. The normalized spacial score (nSPS) is 9.86. The van der Waals surface area contributed by atoms with Crippen molar-refractivity contribution in [2.24, 2.45) is 0 Å². The molecule has 0 aliphatic rings. The summed E-state index contributed by atoms with van der Waals surface area (Å²) in [5.41, 5.74) is 1.35. The Hall–Kier alpha value is -2.08. The highest BCUT2D eigenvalue weighted by molar-refractivity contribution is 5.90. The molecule has 6 nitrogen and oxygen atoms in total. The molecule has 0 aliphatic heterocycles. The maximum Gasteiger partial charge on any atom is 0.309 e. The molecule has 0 bridgehead atoms. The van der Waals surface area contributed by atoms with Crippen LogP contribution in [0.5, 0.6) is 5.88 Å². The summed E-state index contributed by atoms with van der Waals surface area (Å²) >= 11 is 0. The van der Waals surface area contributed by atoms with E-state index in [0.717, 1.165) is 5.56 Å². The van der Waals surface area contributed by atoms with Crippen LogP contribution in [0.4, 0.5) is 0 Å². The van der Waals surface area contributed by atoms with Gasteiger partial charge in [0.2, 0.25) is 5.88 Å². The van der Waals surface area contributed by atoms with Gasteiger partial charge in [0.05, 0.1) is 7.11 Å². The zero-order valence-corrected chi connectivity index (χ0v) is 13.0. The molecule has 2 aromatic rings. The summed E-state index contributed by atoms with van der Waals surface area (Å²) in [6.45, 7) is 5.07. The van der Waals surface area contributed by atoms with Crippen LogP contribution in [-0.2, 0) is 0 Å². The van der Waals surface area contributed by atoms with E-state index in [1.807, 2.05) is 19.9 Å². The minimum Gasteiger partial charge on any atom is -0.481 e. The van der Waals surface area contributed by atoms with Gasteiger partial charge in [0.25, 0.3) is 5.89 Å². The molecule has 2 heterocycles. The van der Waals surface area contributed by atoms with Crippen molar-refractivity contribution < 1.29 is 13.9 Å². The zero-order chi connectivity index (χ0) is 14.5. The van der Waals surface area contributed by atoms with Crippen LogP contribution < -0.4 is 4.74 Å². The highest BCUT2D eigenvalue weighted by Gasteiger charge is 2.19. The number of halogens is 1. The van der Waals surface area contributed by atoms with Crippen LogP contribution in [0, 0.1) is 0 Å². The van der Waals surface area contributed by atoms with Gasteiger partial charge in [-0.25, -0.2) is 9.97 Å². The lowest BCUT2D eigenvalue weighted by molar-refractivity contribution is 0.0733. The van der Waals surface area contributed by atoms with Crippen LogP contribution in [0.2, 0.25) is 0 Å². The smallest absolute Gasteiger partial charge is 0.309 e. The van der Waals surface area contributed by atoms with Gasteiger partial charge < -0.3 is 14.1 Å². The summed E-state index contributed by atoms with van der Waals surface area (Å²) < 4.78 is 10.3. The Balaban J connectivity index is 0.00000220. The van der Waals surface area contributed by atoms with E-state index in [-0.39, 0.29) is 24.2 Å². The van der Waals surface area contributed by atoms with Crippen molar-refractivity contribution in [3.05, 3.63) is 30.5 Å². The average molecular weight is 312 g/mol. The molecule has 7 heteroatoms. The zero-order valence-electron chi connectivity index (χ0n) is 12.2. The van der Waals surface area contributed by atoms with E-state index in [2.05, 4.69) is 9.97 Å². The molecule has 0 aromatic carbocycles. The maximum absolute atomic E-state index is 12.1. The molecule has 0 saturated carbocycles. The highest BCUT2D eigenvalue weighted by atomic mass is 35.5. The standard InChI is InChI=1S/C14H17N3O3.ClH/c1-4-17(5-2)14(18)13-16-11(9-20-13)10-6-7-12(19-3)15-8-10;/h6-9H,4-5H2,1-3H3;1H. The molecule has 0 unspecified atom stereocenters. The monoisotopic (exact) mass is 311 g/mol. The van der Waals surface area contributed by atoms with Gasteiger partial charge in [-0.15, -0.1) is 12.4 Å². The van der Waals surface area contributed by atoms with E-state index in [4.69, 9.17) is 9.15 Å². The second-order valence-electron chi connectivity index (χ2n) is 4.10. The molecule has 2 aromatic heterocycles. The highest BCUT2D eigenvalue weighted by Crippen LogP contribution is 2.20. The fourth-order valence-corrected chi connectivity index (χ4v) is 1.80. The molecule has 0 spiro atoms. The van der Waals surface area contributed by atoms with Crippen LogP contribution in [0.1, 0.15) is 24.5 Å². The third-order valence-corrected chi connectivity index (χ3v) is 2.98. The fraction of sp³-hybridized carbons (Fsp3) is 0.357. The molecule has 0 atom stereocenters. The van der Waals surface area contributed by atoms with Gasteiger partial charge >= 0.3 is 5.91 Å². The third-order valence-electron chi connectivity index (χ3n) is 2.98. The van der Waals surface area contributed by atoms with Gasteiger partial charge in [-0.05, 0) is 19.9 Å². The van der Waals surface area contributed by atoms with Crippen LogP contribution in [0.3, 0.4) is 0 Å². The Morgan fingerprint density at radius 3 is 2.57 bits per heavy atom. The third kappa shape index (κ3) is 3.72.